The molecule has 1 heterocycles. The molecule has 0 bridgehead atoms. The van der Waals surface area contributed by atoms with Crippen LogP contribution in [0, 0.1) is 5.82 Å². The van der Waals surface area contributed by atoms with Crippen LogP contribution in [0.1, 0.15) is 11.7 Å². The van der Waals surface area contributed by atoms with Gasteiger partial charge in [-0.05, 0) is 12.1 Å². The molecule has 1 aliphatic heterocycles. The summed E-state index contributed by atoms with van der Waals surface area (Å²) in [6.07, 6.45) is -0.0377. The van der Waals surface area contributed by atoms with Crippen molar-refractivity contribution in [3.8, 4) is 0 Å². The highest BCUT2D eigenvalue weighted by Crippen LogP contribution is 2.36. The quantitative estimate of drug-likeness (QED) is 0.508. The zero-order chi connectivity index (χ0) is 8.72. The summed E-state index contributed by atoms with van der Waals surface area (Å²) in [4.78, 5) is 0. The van der Waals surface area contributed by atoms with Gasteiger partial charge in [0.05, 0.1) is 11.6 Å². The molecule has 4 heteroatoms. The Kier molecular flexibility index (Phi) is 1.99. The van der Waals surface area contributed by atoms with Gasteiger partial charge in [0.25, 0.3) is 0 Å². The van der Waals surface area contributed by atoms with E-state index in [0.717, 1.165) is 0 Å². The minimum atomic E-state index is -0.452. The molecular formula is C8H5Cl2FO. The van der Waals surface area contributed by atoms with Crippen molar-refractivity contribution in [2.45, 2.75) is 6.10 Å². The average molecular weight is 207 g/mol. The van der Waals surface area contributed by atoms with E-state index >= 15 is 0 Å². The predicted molar refractivity (Wildman–Crippen MR) is 45.1 cm³/mol. The summed E-state index contributed by atoms with van der Waals surface area (Å²) < 4.78 is 17.9. The molecule has 0 aromatic heterocycles. The second-order valence-corrected chi connectivity index (χ2v) is 3.42. The molecule has 0 aliphatic carbocycles. The van der Waals surface area contributed by atoms with E-state index in [4.69, 9.17) is 27.9 Å². The number of epoxide rings is 1. The Morgan fingerprint density at radius 2 is 2.00 bits per heavy atom. The second-order valence-electron chi connectivity index (χ2n) is 2.61. The van der Waals surface area contributed by atoms with Crippen LogP contribution < -0.4 is 0 Å². The maximum Gasteiger partial charge on any atom is 0.142 e. The number of hydrogen-bond donors (Lipinski definition) is 0. The van der Waals surface area contributed by atoms with E-state index in [0.29, 0.717) is 17.2 Å². The van der Waals surface area contributed by atoms with Crippen molar-refractivity contribution in [2.75, 3.05) is 6.61 Å². The Bertz CT molecular complexity index is 323. The van der Waals surface area contributed by atoms with Crippen molar-refractivity contribution in [1.82, 2.24) is 0 Å². The molecule has 12 heavy (non-hydrogen) atoms. The van der Waals surface area contributed by atoms with Crippen LogP contribution in [0.3, 0.4) is 0 Å². The molecule has 1 aromatic rings. The van der Waals surface area contributed by atoms with Crippen molar-refractivity contribution >= 4 is 23.2 Å². The topological polar surface area (TPSA) is 12.5 Å². The van der Waals surface area contributed by atoms with Crippen molar-refractivity contribution in [3.63, 3.8) is 0 Å². The lowest BCUT2D eigenvalue weighted by Gasteiger charge is -2.01. The van der Waals surface area contributed by atoms with E-state index in [1.165, 1.54) is 12.1 Å². The SMILES string of the molecule is Fc1cc([C@H]2CO2)c(Cl)cc1Cl. The third kappa shape index (κ3) is 1.42. The Balaban J connectivity index is 2.47. The number of rotatable bonds is 1. The standard InChI is InChI=1S/C8H5Cl2FO/c9-5-2-6(10)7(11)1-4(5)8-3-12-8/h1-2,8H,3H2/t8-/m1/s1. The second kappa shape index (κ2) is 2.87. The summed E-state index contributed by atoms with van der Waals surface area (Å²) in [5.41, 5.74) is 0.679. The van der Waals surface area contributed by atoms with E-state index in [2.05, 4.69) is 0 Å². The summed E-state index contributed by atoms with van der Waals surface area (Å²) in [5, 5.41) is 0.508. The molecule has 1 saturated heterocycles. The molecule has 64 valence electrons. The first-order valence-electron chi connectivity index (χ1n) is 3.44. The molecule has 0 amide bonds. The average Bonchev–Trinajstić information content (AvgIpc) is 2.79. The van der Waals surface area contributed by atoms with Gasteiger partial charge in [-0.2, -0.15) is 0 Å². The fourth-order valence-corrected chi connectivity index (χ4v) is 1.52. The van der Waals surface area contributed by atoms with Crippen LogP contribution in [-0.2, 0) is 4.74 Å². The Morgan fingerprint density at radius 3 is 2.58 bits per heavy atom. The molecule has 1 aromatic carbocycles. The van der Waals surface area contributed by atoms with Gasteiger partial charge in [-0.15, -0.1) is 0 Å². The molecule has 0 spiro atoms. The Labute approximate surface area is 79.0 Å². The van der Waals surface area contributed by atoms with Gasteiger partial charge in [-0.1, -0.05) is 23.2 Å². The first-order valence-corrected chi connectivity index (χ1v) is 4.20. The molecule has 1 aliphatic rings. The van der Waals surface area contributed by atoms with Gasteiger partial charge in [0.1, 0.15) is 11.9 Å². The first-order chi connectivity index (χ1) is 5.68. The highest BCUT2D eigenvalue weighted by Gasteiger charge is 2.28. The minimum Gasteiger partial charge on any atom is -0.368 e. The fraction of sp³-hybridized carbons (Fsp3) is 0.250. The van der Waals surface area contributed by atoms with Crippen molar-refractivity contribution < 1.29 is 9.13 Å². The largest absolute Gasteiger partial charge is 0.368 e. The van der Waals surface area contributed by atoms with E-state index < -0.39 is 5.82 Å². The van der Waals surface area contributed by atoms with Gasteiger partial charge < -0.3 is 4.74 Å². The van der Waals surface area contributed by atoms with Gasteiger partial charge in [-0.25, -0.2) is 4.39 Å². The van der Waals surface area contributed by atoms with Gasteiger partial charge in [-0.3, -0.25) is 0 Å². The predicted octanol–water partition coefficient (Wildman–Crippen LogP) is 3.20. The van der Waals surface area contributed by atoms with E-state index in [9.17, 15) is 4.39 Å². The molecule has 2 rings (SSSR count). The highest BCUT2D eigenvalue weighted by atomic mass is 35.5. The summed E-state index contributed by atoms with van der Waals surface area (Å²) >= 11 is 11.3. The smallest absolute Gasteiger partial charge is 0.142 e. The van der Waals surface area contributed by atoms with Crippen LogP contribution in [0.15, 0.2) is 12.1 Å². The van der Waals surface area contributed by atoms with Gasteiger partial charge in [0.15, 0.2) is 0 Å². The van der Waals surface area contributed by atoms with Gasteiger partial charge in [0.2, 0.25) is 0 Å². The molecular weight excluding hydrogens is 202 g/mol. The maximum absolute atomic E-state index is 12.9. The first kappa shape index (κ1) is 8.30. The molecule has 0 unspecified atom stereocenters. The van der Waals surface area contributed by atoms with Crippen molar-refractivity contribution in [1.29, 1.82) is 0 Å². The van der Waals surface area contributed by atoms with Gasteiger partial charge in [0, 0.05) is 10.6 Å². The zero-order valence-electron chi connectivity index (χ0n) is 5.98. The van der Waals surface area contributed by atoms with Crippen LogP contribution in [0.4, 0.5) is 4.39 Å². The molecule has 0 saturated carbocycles. The lowest BCUT2D eigenvalue weighted by molar-refractivity contribution is 0.415. The third-order valence-corrected chi connectivity index (χ3v) is 2.34. The lowest BCUT2D eigenvalue weighted by Crippen LogP contribution is -1.86. The minimum absolute atomic E-state index is 0.0377. The number of halogens is 3. The third-order valence-electron chi connectivity index (χ3n) is 1.72. The summed E-state index contributed by atoms with van der Waals surface area (Å²) in [6.45, 7) is 0.612. The summed E-state index contributed by atoms with van der Waals surface area (Å²) in [5.74, 6) is -0.452. The fourth-order valence-electron chi connectivity index (χ4n) is 1.01. The van der Waals surface area contributed by atoms with Gasteiger partial charge >= 0.3 is 0 Å². The number of ether oxygens (including phenoxy) is 1. The highest BCUT2D eigenvalue weighted by molar-refractivity contribution is 6.35. The normalized spacial score (nSPS) is 21.1. The number of benzene rings is 1. The molecule has 1 fully saturated rings. The maximum atomic E-state index is 12.9. The van der Waals surface area contributed by atoms with Crippen LogP contribution >= 0.6 is 23.2 Å². The number of hydrogen-bond acceptors (Lipinski definition) is 1. The van der Waals surface area contributed by atoms with Crippen LogP contribution in [0.5, 0.6) is 0 Å². The van der Waals surface area contributed by atoms with Crippen molar-refractivity contribution in [3.05, 3.63) is 33.6 Å². The summed E-state index contributed by atoms with van der Waals surface area (Å²) in [6, 6.07) is 2.72. The van der Waals surface area contributed by atoms with Crippen LogP contribution in [0.25, 0.3) is 0 Å². The van der Waals surface area contributed by atoms with E-state index in [1.54, 1.807) is 0 Å². The molecule has 0 radical (unpaired) electrons. The Morgan fingerprint density at radius 1 is 1.33 bits per heavy atom. The van der Waals surface area contributed by atoms with E-state index in [-0.39, 0.29) is 11.1 Å². The molecule has 1 nitrogen and oxygen atoms in total. The van der Waals surface area contributed by atoms with E-state index in [1.807, 2.05) is 0 Å². The van der Waals surface area contributed by atoms with Crippen LogP contribution in [-0.4, -0.2) is 6.61 Å². The summed E-state index contributed by atoms with van der Waals surface area (Å²) in [7, 11) is 0. The zero-order valence-corrected chi connectivity index (χ0v) is 7.49. The molecule has 0 N–H and O–H groups in total. The van der Waals surface area contributed by atoms with Crippen molar-refractivity contribution in [2.24, 2.45) is 0 Å². The lowest BCUT2D eigenvalue weighted by atomic mass is 10.1. The monoisotopic (exact) mass is 206 g/mol. The van der Waals surface area contributed by atoms with Crippen LogP contribution in [0.2, 0.25) is 10.0 Å². The molecule has 1 atom stereocenters. The Hall–Kier alpha value is -0.310.